The Morgan fingerprint density at radius 1 is 1.39 bits per heavy atom. The van der Waals surface area contributed by atoms with E-state index in [9.17, 15) is 4.79 Å². The minimum absolute atomic E-state index is 0.237. The highest BCUT2D eigenvalue weighted by Gasteiger charge is 2.22. The molecule has 0 spiro atoms. The lowest BCUT2D eigenvalue weighted by Crippen LogP contribution is -2.34. The molecule has 0 aliphatic carbocycles. The van der Waals surface area contributed by atoms with Gasteiger partial charge in [-0.15, -0.1) is 16.4 Å². The largest absolute Gasteiger partial charge is 0.346 e. The zero-order valence-corrected chi connectivity index (χ0v) is 18.7. The molecular weight excluding hydrogens is 432 g/mol. The summed E-state index contributed by atoms with van der Waals surface area (Å²) in [6, 6.07) is 8.12. The molecule has 1 saturated heterocycles. The van der Waals surface area contributed by atoms with E-state index in [-0.39, 0.29) is 5.91 Å². The van der Waals surface area contributed by atoms with Crippen LogP contribution in [0.15, 0.2) is 23.6 Å². The highest BCUT2D eigenvalue weighted by Crippen LogP contribution is 2.27. The van der Waals surface area contributed by atoms with Crippen LogP contribution in [0, 0.1) is 18.3 Å². The summed E-state index contributed by atoms with van der Waals surface area (Å²) < 4.78 is 3.87. The SMILES string of the molecule is Cc1nnsc1CNC(=O)c1csc(Nc2cccc([C@H]3CCCN(CC#N)C3)n2)n1. The number of thiazole rings is 1. The lowest BCUT2D eigenvalue weighted by molar-refractivity contribution is 0.0947. The number of carbonyl (C=O) groups is 1. The number of aryl methyl sites for hydroxylation is 1. The number of anilines is 2. The van der Waals surface area contributed by atoms with Gasteiger partial charge >= 0.3 is 0 Å². The molecule has 31 heavy (non-hydrogen) atoms. The Balaban J connectivity index is 1.37. The second-order valence-corrected chi connectivity index (χ2v) is 9.00. The third-order valence-electron chi connectivity index (χ3n) is 5.12. The van der Waals surface area contributed by atoms with Crippen LogP contribution in [0.25, 0.3) is 0 Å². The summed E-state index contributed by atoms with van der Waals surface area (Å²) >= 11 is 2.63. The van der Waals surface area contributed by atoms with E-state index >= 15 is 0 Å². The van der Waals surface area contributed by atoms with Gasteiger partial charge in [-0.1, -0.05) is 10.6 Å². The minimum atomic E-state index is -0.237. The van der Waals surface area contributed by atoms with Crippen LogP contribution >= 0.6 is 22.9 Å². The summed E-state index contributed by atoms with van der Waals surface area (Å²) in [6.07, 6.45) is 2.13. The number of rotatable bonds is 7. The average molecular weight is 455 g/mol. The summed E-state index contributed by atoms with van der Waals surface area (Å²) in [5, 5.41) is 21.3. The highest BCUT2D eigenvalue weighted by molar-refractivity contribution is 7.14. The number of nitriles is 1. The first-order valence-corrected chi connectivity index (χ1v) is 11.6. The number of pyridine rings is 1. The highest BCUT2D eigenvalue weighted by atomic mass is 32.1. The smallest absolute Gasteiger partial charge is 0.271 e. The third kappa shape index (κ3) is 5.41. The maximum absolute atomic E-state index is 12.4. The van der Waals surface area contributed by atoms with E-state index in [1.54, 1.807) is 5.38 Å². The van der Waals surface area contributed by atoms with E-state index in [1.807, 2.05) is 25.1 Å². The number of amides is 1. The van der Waals surface area contributed by atoms with Crippen LogP contribution in [0.3, 0.4) is 0 Å². The molecule has 1 atom stereocenters. The predicted molar refractivity (Wildman–Crippen MR) is 119 cm³/mol. The first kappa shape index (κ1) is 21.3. The fourth-order valence-corrected chi connectivity index (χ4v) is 4.77. The average Bonchev–Trinajstić information content (AvgIpc) is 3.41. The molecule has 11 heteroatoms. The molecule has 1 aliphatic heterocycles. The Hall–Kier alpha value is -2.94. The number of carbonyl (C=O) groups excluding carboxylic acids is 1. The van der Waals surface area contributed by atoms with Gasteiger partial charge in [0, 0.05) is 23.5 Å². The van der Waals surface area contributed by atoms with Crippen molar-refractivity contribution >= 4 is 39.7 Å². The van der Waals surface area contributed by atoms with Crippen molar-refractivity contribution in [1.29, 1.82) is 5.26 Å². The Kier molecular flexibility index (Phi) is 6.81. The lowest BCUT2D eigenvalue weighted by atomic mass is 9.94. The van der Waals surface area contributed by atoms with Gasteiger partial charge in [-0.05, 0) is 50.0 Å². The molecule has 4 heterocycles. The van der Waals surface area contributed by atoms with Crippen molar-refractivity contribution in [2.75, 3.05) is 25.0 Å². The Labute approximate surface area is 188 Å². The Morgan fingerprint density at radius 3 is 3.10 bits per heavy atom. The molecule has 0 aromatic carbocycles. The van der Waals surface area contributed by atoms with Crippen molar-refractivity contribution in [1.82, 2.24) is 29.8 Å². The van der Waals surface area contributed by atoms with Crippen molar-refractivity contribution in [3.63, 3.8) is 0 Å². The molecule has 1 fully saturated rings. The van der Waals surface area contributed by atoms with E-state index < -0.39 is 0 Å². The number of aromatic nitrogens is 4. The fraction of sp³-hybridized carbons (Fsp3) is 0.400. The number of nitrogens with one attached hydrogen (secondary N) is 2. The number of hydrogen-bond donors (Lipinski definition) is 2. The molecule has 1 aliphatic rings. The molecule has 0 bridgehead atoms. The van der Waals surface area contributed by atoms with Crippen molar-refractivity contribution in [3.8, 4) is 6.07 Å². The second-order valence-electron chi connectivity index (χ2n) is 7.31. The normalized spacial score (nSPS) is 16.6. The van der Waals surface area contributed by atoms with Gasteiger partial charge < -0.3 is 10.6 Å². The Bertz CT molecular complexity index is 1090. The van der Waals surface area contributed by atoms with Crippen LogP contribution in [-0.2, 0) is 6.54 Å². The van der Waals surface area contributed by atoms with E-state index in [0.29, 0.717) is 35.7 Å². The first-order chi connectivity index (χ1) is 15.1. The molecule has 3 aromatic rings. The van der Waals surface area contributed by atoms with Crippen molar-refractivity contribution < 1.29 is 4.79 Å². The van der Waals surface area contributed by atoms with Gasteiger partial charge in [0.05, 0.1) is 29.7 Å². The third-order valence-corrected chi connectivity index (χ3v) is 6.70. The number of likely N-dealkylation sites (tertiary alicyclic amines) is 1. The monoisotopic (exact) mass is 454 g/mol. The zero-order chi connectivity index (χ0) is 21.6. The van der Waals surface area contributed by atoms with Crippen LogP contribution in [0.4, 0.5) is 10.9 Å². The molecule has 2 N–H and O–H groups in total. The molecule has 160 valence electrons. The van der Waals surface area contributed by atoms with Gasteiger partial charge in [0.25, 0.3) is 5.91 Å². The summed E-state index contributed by atoms with van der Waals surface area (Å²) in [4.78, 5) is 24.6. The number of hydrogen-bond acceptors (Lipinski definition) is 10. The molecule has 0 unspecified atom stereocenters. The topological polar surface area (TPSA) is 120 Å². The maximum Gasteiger partial charge on any atom is 0.271 e. The van der Waals surface area contributed by atoms with E-state index in [1.165, 1.54) is 22.9 Å². The van der Waals surface area contributed by atoms with Gasteiger partial charge in [-0.2, -0.15) is 5.26 Å². The van der Waals surface area contributed by atoms with Crippen LogP contribution in [0.1, 0.15) is 45.5 Å². The molecular formula is C20H22N8OS2. The van der Waals surface area contributed by atoms with Crippen molar-refractivity contribution in [3.05, 3.63) is 45.5 Å². The molecule has 3 aromatic heterocycles. The van der Waals surface area contributed by atoms with Gasteiger partial charge in [0.1, 0.15) is 11.5 Å². The van der Waals surface area contributed by atoms with Gasteiger partial charge in [0.15, 0.2) is 5.13 Å². The summed E-state index contributed by atoms with van der Waals surface area (Å²) in [6.45, 7) is 4.52. The minimum Gasteiger partial charge on any atom is -0.346 e. The number of nitrogens with zero attached hydrogens (tertiary/aromatic N) is 6. The zero-order valence-electron chi connectivity index (χ0n) is 17.0. The molecule has 0 saturated carbocycles. The van der Waals surface area contributed by atoms with Crippen molar-refractivity contribution in [2.24, 2.45) is 0 Å². The van der Waals surface area contributed by atoms with Gasteiger partial charge in [0.2, 0.25) is 0 Å². The van der Waals surface area contributed by atoms with Crippen LogP contribution in [0.5, 0.6) is 0 Å². The van der Waals surface area contributed by atoms with Crippen molar-refractivity contribution in [2.45, 2.75) is 32.2 Å². The van der Waals surface area contributed by atoms with E-state index in [4.69, 9.17) is 10.2 Å². The van der Waals surface area contributed by atoms with E-state index in [2.05, 4.69) is 36.2 Å². The summed E-state index contributed by atoms with van der Waals surface area (Å²) in [7, 11) is 0. The molecule has 9 nitrogen and oxygen atoms in total. The van der Waals surface area contributed by atoms with Crippen LogP contribution in [0.2, 0.25) is 0 Å². The standard InChI is InChI=1S/C20H22N8OS2/c1-13-17(31-27-26-13)10-22-19(29)16-12-30-20(24-16)25-18-6-2-5-15(23-18)14-4-3-8-28(11-14)9-7-21/h2,5-6,12,14H,3-4,8-11H2,1H3,(H,22,29)(H,23,24,25)/t14-/m0/s1. The number of piperidine rings is 1. The Morgan fingerprint density at radius 2 is 2.29 bits per heavy atom. The van der Waals surface area contributed by atoms with Gasteiger partial charge in [-0.25, -0.2) is 9.97 Å². The van der Waals surface area contributed by atoms with Gasteiger partial charge in [-0.3, -0.25) is 9.69 Å². The summed E-state index contributed by atoms with van der Waals surface area (Å²) in [5.74, 6) is 0.771. The summed E-state index contributed by atoms with van der Waals surface area (Å²) in [5.41, 5.74) is 2.19. The maximum atomic E-state index is 12.4. The molecule has 1 amide bonds. The quantitative estimate of drug-likeness (QED) is 0.523. The van der Waals surface area contributed by atoms with Crippen LogP contribution < -0.4 is 10.6 Å². The molecule has 4 rings (SSSR count). The van der Waals surface area contributed by atoms with E-state index in [0.717, 1.165) is 42.2 Å². The lowest BCUT2D eigenvalue weighted by Gasteiger charge is -2.30. The van der Waals surface area contributed by atoms with Crippen LogP contribution in [-0.4, -0.2) is 50.0 Å². The molecule has 0 radical (unpaired) electrons. The predicted octanol–water partition coefficient (Wildman–Crippen LogP) is 3.07. The first-order valence-electron chi connectivity index (χ1n) is 9.97. The second kappa shape index (κ2) is 9.91. The fourth-order valence-electron chi connectivity index (χ4n) is 3.50.